The normalized spacial score (nSPS) is 19.2. The van der Waals surface area contributed by atoms with Crippen LogP contribution in [0.25, 0.3) is 0 Å². The third-order valence-corrected chi connectivity index (χ3v) is 7.77. The molecule has 0 aliphatic carbocycles. The first-order valence-electron chi connectivity index (χ1n) is 9.85. The van der Waals surface area contributed by atoms with E-state index in [1.54, 1.807) is 20.1 Å². The molecule has 30 heavy (non-hydrogen) atoms. The Balaban J connectivity index is 0.000000275. The minimum Gasteiger partial charge on any atom is -0.478 e. The van der Waals surface area contributed by atoms with Crippen LogP contribution in [0, 0.1) is 0 Å². The number of carboxylic acids is 2. The van der Waals surface area contributed by atoms with E-state index in [-0.39, 0.29) is 0 Å². The molecule has 0 bridgehead atoms. The fraction of sp³-hybridized carbons (Fsp3) is 0.304. The van der Waals surface area contributed by atoms with Gasteiger partial charge in [0.05, 0.1) is 0 Å². The molecule has 0 radical (unpaired) electrons. The van der Waals surface area contributed by atoms with Gasteiger partial charge in [-0.1, -0.05) is 0 Å². The zero-order valence-corrected chi connectivity index (χ0v) is 18.6. The Hall–Kier alpha value is -2.44. The summed E-state index contributed by atoms with van der Waals surface area (Å²) in [5.74, 6) is -2.51. The SMILES string of the molecule is CN1CCN(C2Cc3ccccc3[Se]c3ccccc32)CC1.O=C(O)/C=C/C(=O)O. The van der Waals surface area contributed by atoms with Crippen LogP contribution in [-0.2, 0) is 16.0 Å². The maximum Gasteiger partial charge on any atom is 0.328 e. The summed E-state index contributed by atoms with van der Waals surface area (Å²) in [5.41, 5.74) is 3.13. The Morgan fingerprint density at radius 3 is 2.10 bits per heavy atom. The first kappa shape index (κ1) is 22.2. The fourth-order valence-corrected chi connectivity index (χ4v) is 6.04. The third-order valence-electron chi connectivity index (χ3n) is 5.23. The van der Waals surface area contributed by atoms with Gasteiger partial charge in [0.25, 0.3) is 0 Å². The van der Waals surface area contributed by atoms with Gasteiger partial charge in [-0.25, -0.2) is 9.59 Å². The van der Waals surface area contributed by atoms with Crippen molar-refractivity contribution in [1.82, 2.24) is 9.80 Å². The Kier molecular flexibility index (Phi) is 7.82. The smallest absolute Gasteiger partial charge is 0.328 e. The summed E-state index contributed by atoms with van der Waals surface area (Å²) in [6.07, 6.45) is 2.28. The Morgan fingerprint density at radius 2 is 1.47 bits per heavy atom. The van der Waals surface area contributed by atoms with Crippen LogP contribution < -0.4 is 8.92 Å². The van der Waals surface area contributed by atoms with Crippen molar-refractivity contribution >= 4 is 35.8 Å². The summed E-state index contributed by atoms with van der Waals surface area (Å²) in [5, 5.41) is 15.6. The first-order valence-corrected chi connectivity index (χ1v) is 11.6. The van der Waals surface area contributed by atoms with Gasteiger partial charge in [0.1, 0.15) is 0 Å². The molecule has 158 valence electrons. The Bertz CT molecular complexity index is 907. The van der Waals surface area contributed by atoms with E-state index in [2.05, 4.69) is 65.4 Å². The summed E-state index contributed by atoms with van der Waals surface area (Å²) in [4.78, 5) is 24.3. The number of benzene rings is 2. The van der Waals surface area contributed by atoms with Crippen molar-refractivity contribution in [1.29, 1.82) is 0 Å². The van der Waals surface area contributed by atoms with Crippen molar-refractivity contribution in [2.24, 2.45) is 0 Å². The van der Waals surface area contributed by atoms with Gasteiger partial charge in [-0.15, -0.1) is 0 Å². The van der Waals surface area contributed by atoms with Crippen LogP contribution in [0.4, 0.5) is 0 Å². The fourth-order valence-electron chi connectivity index (χ4n) is 3.66. The minimum atomic E-state index is -1.26. The number of fused-ring (bicyclic) bond motifs is 2. The van der Waals surface area contributed by atoms with Crippen LogP contribution in [0.2, 0.25) is 0 Å². The molecular weight excluding hydrogens is 447 g/mol. The average molecular weight is 473 g/mol. The quantitative estimate of drug-likeness (QED) is 0.510. The molecule has 0 aromatic heterocycles. The Labute approximate surface area is 183 Å². The maximum atomic E-state index is 9.55. The number of hydrogen-bond donors (Lipinski definition) is 2. The van der Waals surface area contributed by atoms with Gasteiger partial charge in [0.15, 0.2) is 0 Å². The zero-order valence-electron chi connectivity index (χ0n) is 16.9. The van der Waals surface area contributed by atoms with E-state index in [1.165, 1.54) is 32.6 Å². The van der Waals surface area contributed by atoms with Gasteiger partial charge < -0.3 is 10.2 Å². The van der Waals surface area contributed by atoms with Gasteiger partial charge in [-0.05, 0) is 0 Å². The average Bonchev–Trinajstić information content (AvgIpc) is 2.90. The van der Waals surface area contributed by atoms with Crippen LogP contribution in [0.3, 0.4) is 0 Å². The van der Waals surface area contributed by atoms with Crippen molar-refractivity contribution in [3.05, 3.63) is 71.8 Å². The van der Waals surface area contributed by atoms with Crippen LogP contribution in [0.5, 0.6) is 0 Å². The number of nitrogens with zero attached hydrogens (tertiary/aromatic N) is 2. The minimum absolute atomic E-state index is 0.439. The maximum absolute atomic E-state index is 9.55. The van der Waals surface area contributed by atoms with Crippen LogP contribution in [0.1, 0.15) is 17.2 Å². The van der Waals surface area contributed by atoms with E-state index in [4.69, 9.17) is 10.2 Å². The second kappa shape index (κ2) is 10.5. The molecule has 2 aliphatic rings. The van der Waals surface area contributed by atoms with Crippen molar-refractivity contribution in [3.63, 3.8) is 0 Å². The van der Waals surface area contributed by atoms with Crippen molar-refractivity contribution in [2.45, 2.75) is 12.5 Å². The molecule has 2 aromatic carbocycles. The van der Waals surface area contributed by atoms with E-state index in [0.717, 1.165) is 0 Å². The number of carbonyl (C=O) groups is 2. The Morgan fingerprint density at radius 1 is 0.900 bits per heavy atom. The van der Waals surface area contributed by atoms with Crippen molar-refractivity contribution < 1.29 is 19.8 Å². The molecule has 1 saturated heterocycles. The van der Waals surface area contributed by atoms with Crippen LogP contribution in [0.15, 0.2) is 60.7 Å². The van der Waals surface area contributed by atoms with Gasteiger partial charge in [-0.2, -0.15) is 0 Å². The number of likely N-dealkylation sites (N-methyl/N-ethyl adjacent to an activating group) is 1. The topological polar surface area (TPSA) is 81.1 Å². The zero-order chi connectivity index (χ0) is 21.5. The predicted molar refractivity (Wildman–Crippen MR) is 118 cm³/mol. The second-order valence-electron chi connectivity index (χ2n) is 7.32. The molecule has 6 nitrogen and oxygen atoms in total. The molecular formula is C23H26N2O4Se. The van der Waals surface area contributed by atoms with Crippen LogP contribution >= 0.6 is 0 Å². The van der Waals surface area contributed by atoms with Gasteiger partial charge >= 0.3 is 151 Å². The number of hydrogen-bond acceptors (Lipinski definition) is 4. The number of aliphatic carboxylic acids is 2. The monoisotopic (exact) mass is 474 g/mol. The summed E-state index contributed by atoms with van der Waals surface area (Å²) < 4.78 is 3.14. The molecule has 2 heterocycles. The van der Waals surface area contributed by atoms with Gasteiger partial charge in [0, 0.05) is 12.2 Å². The molecule has 0 saturated carbocycles. The standard InChI is InChI=1S/C19H22N2Se.C4H4O4/c1-20-10-12-21(13-11-20)17-14-15-6-2-4-8-18(15)22-19-9-5-3-7-16(17)19;5-3(6)1-2-4(7)8/h2-9,17H,10-14H2,1H3;1-2H,(H,5,6)(H,7,8)/b;2-1+. The summed E-state index contributed by atoms with van der Waals surface area (Å²) >= 11 is 0.439. The molecule has 1 unspecified atom stereocenters. The molecule has 2 N–H and O–H groups in total. The largest absolute Gasteiger partial charge is 0.478 e. The first-order chi connectivity index (χ1) is 14.4. The van der Waals surface area contributed by atoms with E-state index >= 15 is 0 Å². The molecule has 0 amide bonds. The molecule has 2 aliphatic heterocycles. The second-order valence-corrected chi connectivity index (χ2v) is 9.59. The van der Waals surface area contributed by atoms with Crippen LogP contribution in [-0.4, -0.2) is 80.1 Å². The number of piperazine rings is 1. The van der Waals surface area contributed by atoms with E-state index in [9.17, 15) is 9.59 Å². The van der Waals surface area contributed by atoms with E-state index in [0.29, 0.717) is 33.2 Å². The molecule has 7 heteroatoms. The molecule has 0 spiro atoms. The summed E-state index contributed by atoms with van der Waals surface area (Å²) in [6, 6.07) is 18.8. The van der Waals surface area contributed by atoms with E-state index < -0.39 is 11.9 Å². The number of rotatable bonds is 3. The van der Waals surface area contributed by atoms with E-state index in [1.807, 2.05) is 0 Å². The van der Waals surface area contributed by atoms with Crippen molar-refractivity contribution in [2.75, 3.05) is 33.2 Å². The third kappa shape index (κ3) is 6.03. The molecule has 1 atom stereocenters. The summed E-state index contributed by atoms with van der Waals surface area (Å²) in [6.45, 7) is 4.74. The number of carboxylic acid groups (broad SMARTS) is 2. The van der Waals surface area contributed by atoms with Gasteiger partial charge in [0.2, 0.25) is 0 Å². The molecule has 2 aromatic rings. The van der Waals surface area contributed by atoms with Crippen molar-refractivity contribution in [3.8, 4) is 0 Å². The van der Waals surface area contributed by atoms with Gasteiger partial charge in [-0.3, -0.25) is 0 Å². The summed E-state index contributed by atoms with van der Waals surface area (Å²) in [7, 11) is 2.23. The predicted octanol–water partition coefficient (Wildman–Crippen LogP) is 0.898. The molecule has 4 rings (SSSR count). The molecule has 1 fully saturated rings.